The lowest BCUT2D eigenvalue weighted by Crippen LogP contribution is -2.40. The molecule has 1 unspecified atom stereocenters. The van der Waals surface area contributed by atoms with Crippen LogP contribution in [0.15, 0.2) is 0 Å². The van der Waals surface area contributed by atoms with Crippen LogP contribution in [0.3, 0.4) is 0 Å². The van der Waals surface area contributed by atoms with Gasteiger partial charge in [-0.05, 0) is 39.0 Å². The summed E-state index contributed by atoms with van der Waals surface area (Å²) in [7, 11) is 0. The van der Waals surface area contributed by atoms with Gasteiger partial charge in [-0.25, -0.2) is 0 Å². The van der Waals surface area contributed by atoms with Gasteiger partial charge in [-0.15, -0.1) is 0 Å². The average Bonchev–Trinajstić information content (AvgIpc) is 3.07. The molecular formula is C21H40N2O4. The smallest absolute Gasteiger partial charge is 0.224 e. The predicted octanol–water partition coefficient (Wildman–Crippen LogP) is 2.56. The summed E-state index contributed by atoms with van der Waals surface area (Å²) < 4.78 is 17.2. The Hall–Kier alpha value is -0.690. The van der Waals surface area contributed by atoms with Gasteiger partial charge in [0.1, 0.15) is 0 Å². The van der Waals surface area contributed by atoms with Gasteiger partial charge >= 0.3 is 0 Å². The monoisotopic (exact) mass is 384 g/mol. The number of piperidine rings is 1. The Bertz CT molecular complexity index is 422. The highest BCUT2D eigenvalue weighted by molar-refractivity contribution is 5.76. The van der Waals surface area contributed by atoms with E-state index < -0.39 is 0 Å². The standard InChI is InChI=1S/C21H40N2O4/c1-17(2)15-22-9-5-19(6-10-22)27-20-7-11-23(16-20)21(24)8-12-25-13-14-26-18(3)4/h17-20H,5-16H2,1-4H3. The molecule has 2 aliphatic heterocycles. The van der Waals surface area contributed by atoms with Gasteiger partial charge in [-0.3, -0.25) is 4.79 Å². The Balaban J connectivity index is 1.55. The maximum atomic E-state index is 12.3. The molecule has 2 rings (SSSR count). The summed E-state index contributed by atoms with van der Waals surface area (Å²) in [6, 6.07) is 0. The SMILES string of the molecule is CC(C)CN1CCC(OC2CCN(C(=O)CCOCCOC(C)C)C2)CC1. The Morgan fingerprint density at radius 2 is 1.67 bits per heavy atom. The van der Waals surface area contributed by atoms with Gasteiger partial charge in [0.05, 0.1) is 44.6 Å². The molecule has 6 nitrogen and oxygen atoms in total. The van der Waals surface area contributed by atoms with Gasteiger partial charge in [0.15, 0.2) is 0 Å². The molecule has 0 spiro atoms. The summed E-state index contributed by atoms with van der Waals surface area (Å²) in [5.74, 6) is 0.904. The van der Waals surface area contributed by atoms with Crippen LogP contribution in [0.5, 0.6) is 0 Å². The molecule has 158 valence electrons. The summed E-state index contributed by atoms with van der Waals surface area (Å²) in [6.45, 7) is 15.2. The number of ether oxygens (including phenoxy) is 3. The summed E-state index contributed by atoms with van der Waals surface area (Å²) in [5.41, 5.74) is 0. The zero-order valence-electron chi connectivity index (χ0n) is 17.8. The van der Waals surface area contributed by atoms with E-state index in [1.807, 2.05) is 18.7 Å². The van der Waals surface area contributed by atoms with Crippen LogP contribution < -0.4 is 0 Å². The second-order valence-electron chi connectivity index (χ2n) is 8.56. The molecule has 6 heteroatoms. The van der Waals surface area contributed by atoms with E-state index in [2.05, 4.69) is 18.7 Å². The van der Waals surface area contributed by atoms with E-state index >= 15 is 0 Å². The van der Waals surface area contributed by atoms with Crippen molar-refractivity contribution in [3.8, 4) is 0 Å². The molecule has 0 aliphatic carbocycles. The van der Waals surface area contributed by atoms with Crippen molar-refractivity contribution in [3.63, 3.8) is 0 Å². The van der Waals surface area contributed by atoms with Crippen molar-refractivity contribution in [1.29, 1.82) is 0 Å². The van der Waals surface area contributed by atoms with Crippen molar-refractivity contribution >= 4 is 5.91 Å². The number of rotatable bonds is 11. The lowest BCUT2D eigenvalue weighted by Gasteiger charge is -2.34. The number of carbonyl (C=O) groups excluding carboxylic acids is 1. The van der Waals surface area contributed by atoms with E-state index in [0.29, 0.717) is 32.3 Å². The fourth-order valence-corrected chi connectivity index (χ4v) is 3.84. The quantitative estimate of drug-likeness (QED) is 0.513. The number of nitrogens with zero attached hydrogens (tertiary/aromatic N) is 2. The summed E-state index contributed by atoms with van der Waals surface area (Å²) in [6.07, 6.45) is 4.42. The zero-order valence-corrected chi connectivity index (χ0v) is 17.8. The highest BCUT2D eigenvalue weighted by atomic mass is 16.5. The van der Waals surface area contributed by atoms with Crippen LogP contribution in [-0.2, 0) is 19.0 Å². The first-order chi connectivity index (χ1) is 12.9. The van der Waals surface area contributed by atoms with Gasteiger partial charge in [-0.2, -0.15) is 0 Å². The molecule has 2 fully saturated rings. The van der Waals surface area contributed by atoms with E-state index in [-0.39, 0.29) is 18.1 Å². The lowest BCUT2D eigenvalue weighted by atomic mass is 10.1. The van der Waals surface area contributed by atoms with Crippen LogP contribution >= 0.6 is 0 Å². The van der Waals surface area contributed by atoms with Crippen molar-refractivity contribution in [3.05, 3.63) is 0 Å². The van der Waals surface area contributed by atoms with Gasteiger partial charge < -0.3 is 24.0 Å². The van der Waals surface area contributed by atoms with Crippen LogP contribution in [0.2, 0.25) is 0 Å². The number of amides is 1. The van der Waals surface area contributed by atoms with Crippen LogP contribution in [0.4, 0.5) is 0 Å². The Labute approximate surface area is 165 Å². The van der Waals surface area contributed by atoms with Crippen molar-refractivity contribution in [1.82, 2.24) is 9.80 Å². The van der Waals surface area contributed by atoms with E-state index in [1.54, 1.807) is 0 Å². The molecule has 0 N–H and O–H groups in total. The predicted molar refractivity (Wildman–Crippen MR) is 107 cm³/mol. The molecule has 1 amide bonds. The summed E-state index contributed by atoms with van der Waals surface area (Å²) >= 11 is 0. The Kier molecular flexibility index (Phi) is 10.0. The Morgan fingerprint density at radius 3 is 2.33 bits per heavy atom. The van der Waals surface area contributed by atoms with Crippen LogP contribution in [0.25, 0.3) is 0 Å². The maximum absolute atomic E-state index is 12.3. The highest BCUT2D eigenvalue weighted by Gasteiger charge is 2.30. The minimum absolute atomic E-state index is 0.178. The van der Waals surface area contributed by atoms with E-state index in [0.717, 1.165) is 51.4 Å². The van der Waals surface area contributed by atoms with E-state index in [9.17, 15) is 4.79 Å². The van der Waals surface area contributed by atoms with Gasteiger partial charge in [-0.1, -0.05) is 13.8 Å². The van der Waals surface area contributed by atoms with Crippen LogP contribution in [0.1, 0.15) is 53.4 Å². The van der Waals surface area contributed by atoms with E-state index in [1.165, 1.54) is 6.54 Å². The van der Waals surface area contributed by atoms with Gasteiger partial charge in [0.25, 0.3) is 0 Å². The third-order valence-corrected chi connectivity index (χ3v) is 5.18. The summed E-state index contributed by atoms with van der Waals surface area (Å²) in [4.78, 5) is 16.8. The number of likely N-dealkylation sites (tertiary alicyclic amines) is 2. The van der Waals surface area contributed by atoms with Crippen molar-refractivity contribution in [2.45, 2.75) is 71.7 Å². The number of hydrogen-bond acceptors (Lipinski definition) is 5. The normalized spacial score (nSPS) is 22.3. The molecule has 0 bridgehead atoms. The van der Waals surface area contributed by atoms with Crippen molar-refractivity contribution < 1.29 is 19.0 Å². The minimum atomic E-state index is 0.178. The topological polar surface area (TPSA) is 51.2 Å². The zero-order chi connectivity index (χ0) is 19.6. The number of carbonyl (C=O) groups is 1. The molecule has 2 saturated heterocycles. The third-order valence-electron chi connectivity index (χ3n) is 5.18. The Morgan fingerprint density at radius 1 is 0.963 bits per heavy atom. The first-order valence-electron chi connectivity index (χ1n) is 10.8. The van der Waals surface area contributed by atoms with Gasteiger partial charge in [0.2, 0.25) is 5.91 Å². The molecular weight excluding hydrogens is 344 g/mol. The first kappa shape index (κ1) is 22.6. The molecule has 27 heavy (non-hydrogen) atoms. The lowest BCUT2D eigenvalue weighted by molar-refractivity contribution is -0.132. The van der Waals surface area contributed by atoms with Crippen molar-refractivity contribution in [2.75, 3.05) is 52.5 Å². The second-order valence-corrected chi connectivity index (χ2v) is 8.56. The molecule has 0 radical (unpaired) electrons. The highest BCUT2D eigenvalue weighted by Crippen LogP contribution is 2.21. The molecule has 0 saturated carbocycles. The number of hydrogen-bond donors (Lipinski definition) is 0. The average molecular weight is 385 g/mol. The van der Waals surface area contributed by atoms with Crippen LogP contribution in [0, 0.1) is 5.92 Å². The molecule has 2 aliphatic rings. The molecule has 1 atom stereocenters. The molecule has 0 aromatic rings. The summed E-state index contributed by atoms with van der Waals surface area (Å²) in [5, 5.41) is 0. The fraction of sp³-hybridized carbons (Fsp3) is 0.952. The second kappa shape index (κ2) is 12.0. The minimum Gasteiger partial charge on any atom is -0.379 e. The van der Waals surface area contributed by atoms with Crippen molar-refractivity contribution in [2.24, 2.45) is 5.92 Å². The molecule has 2 heterocycles. The first-order valence-corrected chi connectivity index (χ1v) is 10.8. The third kappa shape index (κ3) is 8.90. The molecule has 0 aromatic heterocycles. The van der Waals surface area contributed by atoms with Gasteiger partial charge in [0, 0.05) is 32.7 Å². The maximum Gasteiger partial charge on any atom is 0.224 e. The largest absolute Gasteiger partial charge is 0.379 e. The van der Waals surface area contributed by atoms with Crippen LogP contribution in [-0.4, -0.2) is 86.6 Å². The molecule has 0 aromatic carbocycles. The fourth-order valence-electron chi connectivity index (χ4n) is 3.84. The van der Waals surface area contributed by atoms with E-state index in [4.69, 9.17) is 14.2 Å².